The van der Waals surface area contributed by atoms with E-state index in [1.807, 2.05) is 12.1 Å². The van der Waals surface area contributed by atoms with Crippen molar-refractivity contribution in [3.8, 4) is 5.75 Å². The molecule has 2 aliphatic rings. The number of carbonyl (C=O) groups excluding carboxylic acids is 1. The van der Waals surface area contributed by atoms with Gasteiger partial charge < -0.3 is 15.0 Å². The lowest BCUT2D eigenvalue weighted by Gasteiger charge is -2.39. The number of rotatable bonds is 6. The molecule has 1 N–H and O–H groups in total. The Labute approximate surface area is 157 Å². The van der Waals surface area contributed by atoms with Gasteiger partial charge in [0.15, 0.2) is 0 Å². The number of hydrogen-bond donors (Lipinski definition) is 1. The minimum Gasteiger partial charge on any atom is -0.494 e. The van der Waals surface area contributed by atoms with Crippen molar-refractivity contribution in [2.24, 2.45) is 5.41 Å². The maximum Gasteiger partial charge on any atom is 0.222 e. The van der Waals surface area contributed by atoms with Crippen LogP contribution in [0, 0.1) is 5.41 Å². The lowest BCUT2D eigenvalue weighted by Crippen LogP contribution is -2.44. The van der Waals surface area contributed by atoms with Crippen molar-refractivity contribution in [2.45, 2.75) is 45.4 Å². The number of nitrogens with one attached hydrogen (secondary N) is 1. The van der Waals surface area contributed by atoms with Crippen LogP contribution in [0.3, 0.4) is 0 Å². The Hall–Kier alpha value is -1.26. The molecule has 5 heteroatoms. The van der Waals surface area contributed by atoms with Gasteiger partial charge in [0, 0.05) is 26.1 Å². The molecule has 3 rings (SSSR count). The van der Waals surface area contributed by atoms with Gasteiger partial charge in [-0.15, -0.1) is 12.4 Å². The van der Waals surface area contributed by atoms with Crippen LogP contribution < -0.4 is 10.1 Å². The van der Waals surface area contributed by atoms with Gasteiger partial charge in [0.1, 0.15) is 5.75 Å². The largest absolute Gasteiger partial charge is 0.494 e. The highest BCUT2D eigenvalue weighted by Gasteiger charge is 2.37. The van der Waals surface area contributed by atoms with E-state index in [1.165, 1.54) is 12.0 Å². The summed E-state index contributed by atoms with van der Waals surface area (Å²) in [6.07, 6.45) is 6.05. The van der Waals surface area contributed by atoms with Gasteiger partial charge in [-0.05, 0) is 61.8 Å². The summed E-state index contributed by atoms with van der Waals surface area (Å²) in [5, 5.41) is 3.48. The number of benzene rings is 1. The zero-order valence-electron chi connectivity index (χ0n) is 15.3. The summed E-state index contributed by atoms with van der Waals surface area (Å²) in [5.74, 6) is 1.22. The van der Waals surface area contributed by atoms with Gasteiger partial charge >= 0.3 is 0 Å². The van der Waals surface area contributed by atoms with Crippen LogP contribution >= 0.6 is 12.4 Å². The van der Waals surface area contributed by atoms with Crippen LogP contribution in [0.5, 0.6) is 5.75 Å². The molecule has 1 spiro atoms. The van der Waals surface area contributed by atoms with Gasteiger partial charge in [0.2, 0.25) is 5.91 Å². The van der Waals surface area contributed by atoms with E-state index < -0.39 is 0 Å². The molecule has 2 fully saturated rings. The van der Waals surface area contributed by atoms with Crippen LogP contribution in [0.15, 0.2) is 24.3 Å². The SMILES string of the molecule is CCCOc1ccc(CCC(=O)N2CCC3(CCNC3)CC2)cc1.Cl. The maximum absolute atomic E-state index is 12.5. The number of piperidine rings is 1. The van der Waals surface area contributed by atoms with Gasteiger partial charge in [0.05, 0.1) is 6.61 Å². The quantitative estimate of drug-likeness (QED) is 0.838. The van der Waals surface area contributed by atoms with E-state index in [-0.39, 0.29) is 12.4 Å². The summed E-state index contributed by atoms with van der Waals surface area (Å²) in [6, 6.07) is 8.17. The normalized spacial score (nSPS) is 18.8. The minimum atomic E-state index is 0. The van der Waals surface area contributed by atoms with Gasteiger partial charge in [-0.3, -0.25) is 4.79 Å². The van der Waals surface area contributed by atoms with Crippen molar-refractivity contribution in [1.29, 1.82) is 0 Å². The molecule has 140 valence electrons. The Morgan fingerprint density at radius 3 is 2.52 bits per heavy atom. The Kier molecular flexibility index (Phi) is 7.57. The molecule has 0 aliphatic carbocycles. The van der Waals surface area contributed by atoms with Crippen molar-refractivity contribution < 1.29 is 9.53 Å². The Balaban J connectivity index is 0.00000225. The molecule has 0 aromatic heterocycles. The molecule has 2 saturated heterocycles. The van der Waals surface area contributed by atoms with Gasteiger partial charge in [-0.2, -0.15) is 0 Å². The summed E-state index contributed by atoms with van der Waals surface area (Å²) < 4.78 is 5.60. The topological polar surface area (TPSA) is 41.6 Å². The van der Waals surface area contributed by atoms with E-state index in [4.69, 9.17) is 4.74 Å². The zero-order valence-corrected chi connectivity index (χ0v) is 16.1. The predicted octanol–water partition coefficient (Wildman–Crippen LogP) is 3.43. The van der Waals surface area contributed by atoms with Crippen molar-refractivity contribution in [3.05, 3.63) is 29.8 Å². The van der Waals surface area contributed by atoms with E-state index in [2.05, 4.69) is 29.3 Å². The third-order valence-electron chi connectivity index (χ3n) is 5.53. The highest BCUT2D eigenvalue weighted by Crippen LogP contribution is 2.37. The molecule has 0 bridgehead atoms. The third kappa shape index (κ3) is 5.35. The summed E-state index contributed by atoms with van der Waals surface area (Å²) in [4.78, 5) is 14.5. The fraction of sp³-hybridized carbons (Fsp3) is 0.650. The average molecular weight is 367 g/mol. The second-order valence-electron chi connectivity index (χ2n) is 7.30. The highest BCUT2D eigenvalue weighted by atomic mass is 35.5. The van der Waals surface area contributed by atoms with Crippen molar-refractivity contribution in [3.63, 3.8) is 0 Å². The average Bonchev–Trinajstić information content (AvgIpc) is 3.07. The maximum atomic E-state index is 12.5. The van der Waals surface area contributed by atoms with Crippen LogP contribution in [0.25, 0.3) is 0 Å². The Bertz CT molecular complexity index is 531. The van der Waals surface area contributed by atoms with E-state index in [0.717, 1.165) is 64.2 Å². The Morgan fingerprint density at radius 1 is 1.20 bits per heavy atom. The number of carbonyl (C=O) groups is 1. The molecule has 0 unspecified atom stereocenters. The van der Waals surface area contributed by atoms with E-state index in [9.17, 15) is 4.79 Å². The Morgan fingerprint density at radius 2 is 1.92 bits per heavy atom. The highest BCUT2D eigenvalue weighted by molar-refractivity contribution is 5.85. The monoisotopic (exact) mass is 366 g/mol. The first kappa shape index (κ1) is 20.1. The molecule has 1 aromatic carbocycles. The third-order valence-corrected chi connectivity index (χ3v) is 5.53. The molecule has 0 saturated carbocycles. The van der Waals surface area contributed by atoms with Gasteiger partial charge in [0.25, 0.3) is 0 Å². The summed E-state index contributed by atoms with van der Waals surface area (Å²) >= 11 is 0. The van der Waals surface area contributed by atoms with E-state index >= 15 is 0 Å². The summed E-state index contributed by atoms with van der Waals surface area (Å²) in [6.45, 7) is 7.01. The molecular weight excluding hydrogens is 336 g/mol. The number of hydrogen-bond acceptors (Lipinski definition) is 3. The van der Waals surface area contributed by atoms with E-state index in [0.29, 0.717) is 17.7 Å². The molecule has 25 heavy (non-hydrogen) atoms. The molecular formula is C20H31ClN2O2. The lowest BCUT2D eigenvalue weighted by molar-refractivity contribution is -0.133. The van der Waals surface area contributed by atoms with Crippen LogP contribution in [0.1, 0.15) is 44.6 Å². The standard InChI is InChI=1S/C20H30N2O2.ClH/c1-2-15-24-18-6-3-17(4-7-18)5-8-19(23)22-13-10-20(11-14-22)9-12-21-16-20;/h3-4,6-7,21H,2,5,8-16H2,1H3;1H. The zero-order chi connectivity index (χ0) is 16.8. The molecule has 2 heterocycles. The minimum absolute atomic E-state index is 0. The van der Waals surface area contributed by atoms with E-state index in [1.54, 1.807) is 0 Å². The number of amides is 1. The van der Waals surface area contributed by atoms with Crippen molar-refractivity contribution in [2.75, 3.05) is 32.8 Å². The molecule has 1 amide bonds. The first-order valence-electron chi connectivity index (χ1n) is 9.41. The number of likely N-dealkylation sites (tertiary alicyclic amines) is 1. The second-order valence-corrected chi connectivity index (χ2v) is 7.30. The van der Waals surface area contributed by atoms with Crippen LogP contribution in [-0.4, -0.2) is 43.6 Å². The number of nitrogens with zero attached hydrogens (tertiary/aromatic N) is 1. The fourth-order valence-electron chi connectivity index (χ4n) is 3.83. The molecule has 0 radical (unpaired) electrons. The fourth-order valence-corrected chi connectivity index (χ4v) is 3.83. The lowest BCUT2D eigenvalue weighted by atomic mass is 9.78. The van der Waals surface area contributed by atoms with Gasteiger partial charge in [-0.1, -0.05) is 19.1 Å². The number of aryl methyl sites for hydroxylation is 1. The summed E-state index contributed by atoms with van der Waals surface area (Å²) in [5.41, 5.74) is 1.69. The first-order chi connectivity index (χ1) is 11.7. The van der Waals surface area contributed by atoms with Crippen LogP contribution in [0.4, 0.5) is 0 Å². The van der Waals surface area contributed by atoms with Gasteiger partial charge in [-0.25, -0.2) is 0 Å². The molecule has 2 aliphatic heterocycles. The molecule has 4 nitrogen and oxygen atoms in total. The smallest absolute Gasteiger partial charge is 0.222 e. The van der Waals surface area contributed by atoms with Crippen LogP contribution in [0.2, 0.25) is 0 Å². The predicted molar refractivity (Wildman–Crippen MR) is 104 cm³/mol. The van der Waals surface area contributed by atoms with Crippen molar-refractivity contribution in [1.82, 2.24) is 10.2 Å². The second kappa shape index (κ2) is 9.44. The number of halogens is 1. The number of ether oxygens (including phenoxy) is 1. The summed E-state index contributed by atoms with van der Waals surface area (Å²) in [7, 11) is 0. The van der Waals surface area contributed by atoms with Crippen LogP contribution in [-0.2, 0) is 11.2 Å². The molecule has 1 aromatic rings. The first-order valence-corrected chi connectivity index (χ1v) is 9.41. The van der Waals surface area contributed by atoms with Crippen molar-refractivity contribution >= 4 is 18.3 Å². The molecule has 0 atom stereocenters.